The van der Waals surface area contributed by atoms with Crippen LogP contribution in [-0.4, -0.2) is 41.4 Å². The molecule has 7 nitrogen and oxygen atoms in total. The Morgan fingerprint density at radius 1 is 1.30 bits per heavy atom. The summed E-state index contributed by atoms with van der Waals surface area (Å²) in [7, 11) is 1.59. The van der Waals surface area contributed by atoms with Crippen molar-refractivity contribution in [1.82, 2.24) is 15.3 Å². The molecule has 1 unspecified atom stereocenters. The monoisotopic (exact) mass is 316 g/mol. The van der Waals surface area contributed by atoms with E-state index >= 15 is 0 Å². The number of pyridine rings is 2. The molecule has 2 heterocycles. The van der Waals surface area contributed by atoms with Crippen LogP contribution in [0.15, 0.2) is 36.7 Å². The van der Waals surface area contributed by atoms with Gasteiger partial charge in [-0.05, 0) is 30.2 Å². The summed E-state index contributed by atoms with van der Waals surface area (Å²) in [6.45, 7) is 2.98. The maximum absolute atomic E-state index is 10.4. The number of anilines is 1. The predicted molar refractivity (Wildman–Crippen MR) is 87.7 cm³/mol. The summed E-state index contributed by atoms with van der Waals surface area (Å²) in [4.78, 5) is 19.0. The summed E-state index contributed by atoms with van der Waals surface area (Å²) < 4.78 is 5.25. The number of nitrogens with zero attached hydrogens (tertiary/aromatic N) is 2. The van der Waals surface area contributed by atoms with Crippen LogP contribution in [0.2, 0.25) is 0 Å². The van der Waals surface area contributed by atoms with Gasteiger partial charge in [-0.15, -0.1) is 0 Å². The minimum atomic E-state index is -1.01. The number of nitrogens with one attached hydrogen (secondary N) is 2. The maximum atomic E-state index is 10.4. The largest absolute Gasteiger partial charge is 0.481 e. The summed E-state index contributed by atoms with van der Waals surface area (Å²) in [6.07, 6.45) is 2.42. The third-order valence-electron chi connectivity index (χ3n) is 3.27. The van der Waals surface area contributed by atoms with E-state index in [-0.39, 0.29) is 5.92 Å². The van der Waals surface area contributed by atoms with Crippen molar-refractivity contribution in [3.8, 4) is 17.0 Å². The second-order valence-corrected chi connectivity index (χ2v) is 5.16. The molecule has 2 rings (SSSR count). The molecule has 0 aliphatic heterocycles. The van der Waals surface area contributed by atoms with Crippen LogP contribution in [0.5, 0.6) is 5.88 Å². The zero-order valence-corrected chi connectivity index (χ0v) is 13.1. The molecule has 0 aliphatic carbocycles. The Hall–Kier alpha value is -2.83. The van der Waals surface area contributed by atoms with Crippen molar-refractivity contribution < 1.29 is 14.6 Å². The molecule has 0 fully saturated rings. The van der Waals surface area contributed by atoms with Gasteiger partial charge in [0.05, 0.1) is 7.11 Å². The van der Waals surface area contributed by atoms with Crippen LogP contribution in [0, 0.1) is 5.92 Å². The molecule has 0 bridgehead atoms. The molecular formula is C16H20N4O3. The van der Waals surface area contributed by atoms with Gasteiger partial charge in [0.15, 0.2) is 0 Å². The highest BCUT2D eigenvalue weighted by atomic mass is 16.5. The fraction of sp³-hybridized carbons (Fsp3) is 0.312. The highest BCUT2D eigenvalue weighted by Gasteiger charge is 2.08. The van der Waals surface area contributed by atoms with Crippen molar-refractivity contribution in [3.05, 3.63) is 36.7 Å². The zero-order chi connectivity index (χ0) is 16.7. The lowest BCUT2D eigenvalue weighted by molar-refractivity contribution is 0.193. The smallest absolute Gasteiger partial charge is 0.404 e. The van der Waals surface area contributed by atoms with E-state index in [1.165, 1.54) is 0 Å². The Morgan fingerprint density at radius 2 is 2.13 bits per heavy atom. The maximum Gasteiger partial charge on any atom is 0.404 e. The van der Waals surface area contributed by atoms with E-state index in [1.807, 2.05) is 31.2 Å². The third-order valence-corrected chi connectivity index (χ3v) is 3.27. The van der Waals surface area contributed by atoms with E-state index in [1.54, 1.807) is 19.5 Å². The van der Waals surface area contributed by atoms with E-state index < -0.39 is 6.09 Å². The fourth-order valence-electron chi connectivity index (χ4n) is 2.04. The normalized spacial score (nSPS) is 11.6. The van der Waals surface area contributed by atoms with Gasteiger partial charge in [0.25, 0.3) is 0 Å². The van der Waals surface area contributed by atoms with Crippen LogP contribution in [-0.2, 0) is 0 Å². The zero-order valence-electron chi connectivity index (χ0n) is 13.1. The summed E-state index contributed by atoms with van der Waals surface area (Å²) in [6, 6.07) is 7.59. The number of carbonyl (C=O) groups is 1. The van der Waals surface area contributed by atoms with Gasteiger partial charge in [-0.1, -0.05) is 6.92 Å². The number of rotatable bonds is 7. The molecule has 7 heteroatoms. The highest BCUT2D eigenvalue weighted by Crippen LogP contribution is 2.27. The third kappa shape index (κ3) is 4.84. The quantitative estimate of drug-likeness (QED) is 0.726. The van der Waals surface area contributed by atoms with Crippen molar-refractivity contribution in [3.63, 3.8) is 0 Å². The van der Waals surface area contributed by atoms with Crippen molar-refractivity contribution in [1.29, 1.82) is 0 Å². The molecule has 2 aromatic rings. The summed E-state index contributed by atoms with van der Waals surface area (Å²) >= 11 is 0. The Bertz CT molecular complexity index is 646. The minimum absolute atomic E-state index is 0.158. The van der Waals surface area contributed by atoms with Gasteiger partial charge < -0.3 is 20.5 Å². The first-order chi connectivity index (χ1) is 11.1. The van der Waals surface area contributed by atoms with Gasteiger partial charge in [-0.3, -0.25) is 0 Å². The Morgan fingerprint density at radius 3 is 2.78 bits per heavy atom. The number of carboxylic acid groups (broad SMARTS) is 1. The minimum Gasteiger partial charge on any atom is -0.481 e. The van der Waals surface area contributed by atoms with Gasteiger partial charge in [-0.2, -0.15) is 0 Å². The molecular weight excluding hydrogens is 296 g/mol. The Kier molecular flexibility index (Phi) is 5.74. The predicted octanol–water partition coefficient (Wildman–Crippen LogP) is 2.47. The average molecular weight is 316 g/mol. The number of aromatic nitrogens is 2. The molecule has 0 radical (unpaired) electrons. The Labute approximate surface area is 134 Å². The van der Waals surface area contributed by atoms with Crippen molar-refractivity contribution in [2.24, 2.45) is 5.92 Å². The lowest BCUT2D eigenvalue weighted by Crippen LogP contribution is -2.29. The van der Waals surface area contributed by atoms with Gasteiger partial charge >= 0.3 is 6.09 Å². The fourth-order valence-corrected chi connectivity index (χ4v) is 2.04. The van der Waals surface area contributed by atoms with Crippen LogP contribution in [0.25, 0.3) is 11.1 Å². The number of hydrogen-bond donors (Lipinski definition) is 3. The number of hydrogen-bond acceptors (Lipinski definition) is 5. The number of ether oxygens (including phenoxy) is 1. The molecule has 1 amide bonds. The molecule has 0 saturated carbocycles. The molecule has 23 heavy (non-hydrogen) atoms. The first kappa shape index (κ1) is 16.5. The van der Waals surface area contributed by atoms with Gasteiger partial charge in [0, 0.05) is 36.6 Å². The van der Waals surface area contributed by atoms with E-state index in [2.05, 4.69) is 20.6 Å². The van der Waals surface area contributed by atoms with Crippen molar-refractivity contribution in [2.75, 3.05) is 25.5 Å². The van der Waals surface area contributed by atoms with Crippen LogP contribution < -0.4 is 15.4 Å². The topological polar surface area (TPSA) is 96.4 Å². The Balaban J connectivity index is 1.96. The van der Waals surface area contributed by atoms with E-state index in [4.69, 9.17) is 9.84 Å². The summed E-state index contributed by atoms with van der Waals surface area (Å²) in [5.41, 5.74) is 1.80. The second-order valence-electron chi connectivity index (χ2n) is 5.16. The van der Waals surface area contributed by atoms with E-state index in [9.17, 15) is 4.79 Å². The SMILES string of the molecule is COc1ncccc1-c1ccc(NCC(C)CNC(=O)O)nc1. The molecule has 122 valence electrons. The van der Waals surface area contributed by atoms with Gasteiger partial charge in [-0.25, -0.2) is 14.8 Å². The van der Waals surface area contributed by atoms with E-state index in [0.717, 1.165) is 16.9 Å². The molecule has 0 aromatic carbocycles. The number of amides is 1. The summed E-state index contributed by atoms with van der Waals surface area (Å²) in [5.74, 6) is 1.45. The molecule has 1 atom stereocenters. The number of methoxy groups -OCH3 is 1. The van der Waals surface area contributed by atoms with Crippen LogP contribution >= 0.6 is 0 Å². The lowest BCUT2D eigenvalue weighted by Gasteiger charge is -2.13. The molecule has 0 spiro atoms. The van der Waals surface area contributed by atoms with Gasteiger partial charge in [0.2, 0.25) is 5.88 Å². The molecule has 3 N–H and O–H groups in total. The van der Waals surface area contributed by atoms with Gasteiger partial charge in [0.1, 0.15) is 5.82 Å². The average Bonchev–Trinajstić information content (AvgIpc) is 2.58. The molecule has 0 aliphatic rings. The first-order valence-corrected chi connectivity index (χ1v) is 7.26. The molecule has 2 aromatic heterocycles. The second kappa shape index (κ2) is 7.98. The molecule has 0 saturated heterocycles. The van der Waals surface area contributed by atoms with Crippen molar-refractivity contribution in [2.45, 2.75) is 6.92 Å². The van der Waals surface area contributed by atoms with Crippen molar-refractivity contribution >= 4 is 11.9 Å². The highest BCUT2D eigenvalue weighted by molar-refractivity contribution is 5.68. The first-order valence-electron chi connectivity index (χ1n) is 7.26. The standard InChI is InChI=1S/C16H20N4O3/c1-11(9-20-16(21)22)8-18-14-6-5-12(10-19-14)13-4-3-7-17-15(13)23-2/h3-7,10-11,20H,8-9H2,1-2H3,(H,18,19)(H,21,22). The van der Waals surface area contributed by atoms with Crippen LogP contribution in [0.3, 0.4) is 0 Å². The summed E-state index contributed by atoms with van der Waals surface area (Å²) in [5, 5.41) is 14.1. The van der Waals surface area contributed by atoms with E-state index in [0.29, 0.717) is 19.0 Å². The lowest BCUT2D eigenvalue weighted by atomic mass is 10.1. The van der Waals surface area contributed by atoms with Crippen LogP contribution in [0.4, 0.5) is 10.6 Å². The van der Waals surface area contributed by atoms with Crippen LogP contribution in [0.1, 0.15) is 6.92 Å².